The quantitative estimate of drug-likeness (QED) is 0.0126. The molecule has 2 aliphatic rings. The molecule has 39 heteroatoms. The van der Waals surface area contributed by atoms with Gasteiger partial charge in [-0.05, 0) is 200 Å². The molecule has 0 saturated heterocycles. The van der Waals surface area contributed by atoms with Crippen LogP contribution in [0.4, 0.5) is 11.4 Å². The first-order chi connectivity index (χ1) is 61.1. The number of nitrogens with two attached hydrogens (primary N) is 1. The Morgan fingerprint density at radius 1 is 0.446 bits per heavy atom. The fraction of sp³-hybridized carbons (Fsp3) is 0.538. The lowest BCUT2D eigenvalue weighted by Crippen LogP contribution is -2.56. The van der Waals surface area contributed by atoms with E-state index in [1.165, 1.54) is 33.8 Å². The molecule has 4 aromatic carbocycles. The van der Waals surface area contributed by atoms with Crippen LogP contribution in [-0.4, -0.2) is 254 Å². The van der Waals surface area contributed by atoms with E-state index in [9.17, 15) is 76.7 Å². The van der Waals surface area contributed by atoms with Gasteiger partial charge >= 0.3 is 35.8 Å². The lowest BCUT2D eigenvalue weighted by molar-refractivity contribution is -0.156. The number of methoxy groups -OCH3 is 2. The van der Waals surface area contributed by atoms with Crippen molar-refractivity contribution in [2.75, 3.05) is 65.1 Å². The molecule has 39 nitrogen and oxygen atoms in total. The Morgan fingerprint density at radius 3 is 1.13 bits per heavy atom. The van der Waals surface area contributed by atoms with Crippen molar-refractivity contribution in [1.82, 2.24) is 71.4 Å². The summed E-state index contributed by atoms with van der Waals surface area (Å²) in [6.07, 6.45) is -4.90. The number of fused-ring (bicyclic) bond motifs is 4. The van der Waals surface area contributed by atoms with Gasteiger partial charge in [-0.1, -0.05) is 24.3 Å². The van der Waals surface area contributed by atoms with E-state index in [1.54, 1.807) is 134 Å². The monoisotopic (exact) mass is 1810 g/mol. The smallest absolute Gasteiger partial charge is 0.308 e. The van der Waals surface area contributed by atoms with Gasteiger partial charge in [-0.15, -0.1) is 0 Å². The molecule has 8 rings (SSSR count). The number of aromatic nitrogens is 4. The van der Waals surface area contributed by atoms with E-state index in [0.717, 1.165) is 22.1 Å². The predicted octanol–water partition coefficient (Wildman–Crippen LogP) is 5.60. The molecule has 706 valence electrons. The standard InChI is InChI=1S/C91H125N17O22/c1-88(2,3)127-73(110)37-32-64(80(117)93-41-21-43-107-49-55-45-53(27-30-58(55)95-68(86(107)123)47-77(114)125-15)84(121)105(13)51-70-97-60-23-17-18-24-61(60)98-70)103-82(119)66(34-39-75(112)129-90(7,8)9)101-72(109)36-29-57(92)79(116)102-67(35-40-76(113)130-91(10,11)12)83(120)104-65(33-38-74(111)128-89(4,5)6)81(118)94-42-22-44-108-50-56-46-54(28-31-59(56)96-69(87(108)124)48-78(115)126-16)85(122)106(14)52-71-99-62-25-19-20-26-63(62)100-71/h17-20,23-28,30-31,45-46,57,64-69,95-96H,21-22,29,32-44,47-52,92H2,1-16H3,(H,93,117)(H,94,118)(H,97,98)(H,99,100)(H,101,109)(H,102,116)(H,103,119)(H,104,120)/t57?,64-,65-,66-,67-,68-,69-/m0/s1. The summed E-state index contributed by atoms with van der Waals surface area (Å²) in [5, 5.41) is 22.1. The second-order valence-electron chi connectivity index (χ2n) is 36.2. The highest BCUT2D eigenvalue weighted by molar-refractivity contribution is 5.99. The molecule has 0 fully saturated rings. The lowest BCUT2D eigenvalue weighted by atomic mass is 10.0. The van der Waals surface area contributed by atoms with Crippen molar-refractivity contribution in [3.05, 3.63) is 119 Å². The van der Waals surface area contributed by atoms with Gasteiger partial charge in [-0.3, -0.25) is 76.7 Å². The molecule has 10 amide bonds. The molecule has 1 unspecified atom stereocenters. The van der Waals surface area contributed by atoms with Gasteiger partial charge in [0.2, 0.25) is 47.3 Å². The third-order valence-corrected chi connectivity index (χ3v) is 20.5. The Balaban J connectivity index is 0.935. The van der Waals surface area contributed by atoms with Crippen molar-refractivity contribution in [1.29, 1.82) is 0 Å². The summed E-state index contributed by atoms with van der Waals surface area (Å²) in [6.45, 7) is 19.4. The molecule has 2 aromatic heterocycles. The maximum absolute atomic E-state index is 14.7. The van der Waals surface area contributed by atoms with Gasteiger partial charge in [-0.2, -0.15) is 0 Å². The summed E-state index contributed by atoms with van der Waals surface area (Å²) in [4.78, 5) is 243. The number of H-pyrrole nitrogens is 2. The molecular weight excluding hydrogens is 1680 g/mol. The minimum Gasteiger partial charge on any atom is -0.469 e. The van der Waals surface area contributed by atoms with Crippen molar-refractivity contribution in [2.45, 2.75) is 264 Å². The summed E-state index contributed by atoms with van der Waals surface area (Å²) >= 11 is 0. The first-order valence-electron chi connectivity index (χ1n) is 43.4. The van der Waals surface area contributed by atoms with Crippen LogP contribution in [0.1, 0.15) is 216 Å². The van der Waals surface area contributed by atoms with Crippen LogP contribution in [0, 0.1) is 0 Å². The van der Waals surface area contributed by atoms with Crippen molar-refractivity contribution in [3.8, 4) is 0 Å². The summed E-state index contributed by atoms with van der Waals surface area (Å²) < 4.78 is 32.0. The summed E-state index contributed by atoms with van der Waals surface area (Å²) in [6, 6.07) is 14.6. The maximum atomic E-state index is 14.7. The van der Waals surface area contributed by atoms with Crippen molar-refractivity contribution in [2.24, 2.45) is 5.73 Å². The second kappa shape index (κ2) is 46.2. The second-order valence-corrected chi connectivity index (χ2v) is 36.2. The van der Waals surface area contributed by atoms with Gasteiger partial charge in [0, 0.05) is 108 Å². The number of ether oxygens (including phenoxy) is 6. The molecule has 7 atom stereocenters. The number of esters is 6. The van der Waals surface area contributed by atoms with E-state index in [2.05, 4.69) is 62.5 Å². The Hall–Kier alpha value is -13.1. The number of hydrogen-bond donors (Lipinski definition) is 11. The van der Waals surface area contributed by atoms with Crippen LogP contribution in [-0.2, 0) is 122 Å². The fourth-order valence-electron chi connectivity index (χ4n) is 14.3. The number of rotatable bonds is 42. The molecule has 2 aliphatic heterocycles. The molecule has 0 radical (unpaired) electrons. The third-order valence-electron chi connectivity index (χ3n) is 20.5. The number of benzene rings is 4. The number of aromatic amines is 2. The molecule has 0 spiro atoms. The molecule has 0 saturated carbocycles. The average molecular weight is 1810 g/mol. The van der Waals surface area contributed by atoms with Crippen molar-refractivity contribution < 1.29 is 105 Å². The minimum atomic E-state index is -1.65. The topological polar surface area (TPSA) is 521 Å². The van der Waals surface area contributed by atoms with Crippen LogP contribution in [0.5, 0.6) is 0 Å². The maximum Gasteiger partial charge on any atom is 0.308 e. The van der Waals surface area contributed by atoms with E-state index >= 15 is 0 Å². The van der Waals surface area contributed by atoms with Gasteiger partial charge in [0.25, 0.3) is 11.8 Å². The molecule has 12 N–H and O–H groups in total. The molecule has 6 aromatic rings. The molecular formula is C91H125N17O22. The number of carbonyl (C=O) groups excluding carboxylic acids is 16. The highest BCUT2D eigenvalue weighted by Crippen LogP contribution is 2.30. The number of anilines is 2. The largest absolute Gasteiger partial charge is 0.469 e. The fourth-order valence-corrected chi connectivity index (χ4v) is 14.3. The Morgan fingerprint density at radius 2 is 0.785 bits per heavy atom. The van der Waals surface area contributed by atoms with Crippen molar-refractivity contribution in [3.63, 3.8) is 0 Å². The van der Waals surface area contributed by atoms with Gasteiger partial charge in [0.1, 0.15) is 70.3 Å². The van der Waals surface area contributed by atoms with E-state index in [0.29, 0.717) is 45.3 Å². The molecule has 4 heterocycles. The minimum absolute atomic E-state index is 0.0119. The zero-order valence-electron chi connectivity index (χ0n) is 76.9. The van der Waals surface area contributed by atoms with E-state index in [4.69, 9.17) is 34.2 Å². The van der Waals surface area contributed by atoms with Crippen LogP contribution in [0.25, 0.3) is 22.1 Å². The highest BCUT2D eigenvalue weighted by Gasteiger charge is 2.38. The predicted molar refractivity (Wildman–Crippen MR) is 476 cm³/mol. The van der Waals surface area contributed by atoms with E-state index < -0.39 is 199 Å². The zero-order chi connectivity index (χ0) is 95.7. The third kappa shape index (κ3) is 32.6. The van der Waals surface area contributed by atoms with Crippen molar-refractivity contribution >= 4 is 128 Å². The van der Waals surface area contributed by atoms with Gasteiger partial charge in [0.15, 0.2) is 0 Å². The SMILES string of the molecule is COC(=O)C[C@@H]1Nc2ccc(C(=O)N(C)Cc3nc4ccccc4[nH]3)cc2CN(CCCNC(=O)[C@H](CCC(=O)OC(C)(C)C)NC(=O)[C@H](CCC(=O)OC(C)(C)C)NC(=O)CCC(N)C(=O)N[C@@H](CCC(=O)OC(C)(C)C)C(=O)N[C@@H](CCC(=O)OC(C)(C)C)C(=O)NCCCN2Cc3cc(C(=O)N(C)Cc4nc5ccccc5[nH]4)ccc3N[C@@H](CC(=O)OC)C2=O)C1=O. The van der Waals surface area contributed by atoms with E-state index in [-0.39, 0.29) is 103 Å². The van der Waals surface area contributed by atoms with Crippen LogP contribution in [0.2, 0.25) is 0 Å². The zero-order valence-corrected chi connectivity index (χ0v) is 76.9. The van der Waals surface area contributed by atoms with Crippen LogP contribution < -0.4 is 48.3 Å². The van der Waals surface area contributed by atoms with Crippen LogP contribution >= 0.6 is 0 Å². The first-order valence-corrected chi connectivity index (χ1v) is 43.4. The number of amides is 10. The Bertz CT molecular complexity index is 5030. The Kier molecular flexibility index (Phi) is 36.4. The van der Waals surface area contributed by atoms with Gasteiger partial charge in [-0.25, -0.2) is 9.97 Å². The van der Waals surface area contributed by atoms with Gasteiger partial charge in [0.05, 0.1) is 68.3 Å². The number of hydrogen-bond acceptors (Lipinski definition) is 27. The highest BCUT2D eigenvalue weighted by atomic mass is 16.6. The van der Waals surface area contributed by atoms with Crippen LogP contribution in [0.15, 0.2) is 84.9 Å². The number of para-hydroxylation sites is 4. The van der Waals surface area contributed by atoms with E-state index in [1.807, 2.05) is 48.5 Å². The lowest BCUT2D eigenvalue weighted by Gasteiger charge is -2.26. The number of carbonyl (C=O) groups is 16. The molecule has 130 heavy (non-hydrogen) atoms. The first kappa shape index (κ1) is 102. The normalized spacial score (nSPS) is 15.1. The Labute approximate surface area is 755 Å². The summed E-state index contributed by atoms with van der Waals surface area (Å²) in [5.74, 6) is -10.5. The van der Waals surface area contributed by atoms with Crippen LogP contribution in [0.3, 0.4) is 0 Å². The summed E-state index contributed by atoms with van der Waals surface area (Å²) in [5.41, 5.74) is 8.30. The number of imidazole rings is 2. The number of nitrogens with one attached hydrogen (secondary N) is 10. The molecule has 0 bridgehead atoms. The molecule has 0 aliphatic carbocycles. The number of nitrogens with zero attached hydrogens (tertiary/aromatic N) is 6. The summed E-state index contributed by atoms with van der Waals surface area (Å²) in [7, 11) is 5.63. The average Bonchev–Trinajstić information content (AvgIpc) is 1.65. The van der Waals surface area contributed by atoms with Gasteiger partial charge < -0.3 is 106 Å².